The summed E-state index contributed by atoms with van der Waals surface area (Å²) in [5, 5.41) is 0. The highest BCUT2D eigenvalue weighted by Crippen LogP contribution is 2.11. The Morgan fingerprint density at radius 2 is 2.06 bits per heavy atom. The second-order valence-electron chi connectivity index (χ2n) is 4.54. The number of hydrogen-bond donors (Lipinski definition) is 0. The van der Waals surface area contributed by atoms with Gasteiger partial charge in [0.05, 0.1) is 0 Å². The molecule has 0 aromatic heterocycles. The lowest BCUT2D eigenvalue weighted by Crippen LogP contribution is -2.21. The van der Waals surface area contributed by atoms with Crippen LogP contribution in [0.3, 0.4) is 0 Å². The van der Waals surface area contributed by atoms with Gasteiger partial charge in [0.15, 0.2) is 0 Å². The maximum absolute atomic E-state index is 2.57. The van der Waals surface area contributed by atoms with Crippen LogP contribution in [-0.2, 0) is 6.42 Å². The third-order valence-corrected chi connectivity index (χ3v) is 3.23. The molecule has 0 aliphatic carbocycles. The van der Waals surface area contributed by atoms with Gasteiger partial charge in [0.2, 0.25) is 0 Å². The molecule has 1 heterocycles. The van der Waals surface area contributed by atoms with E-state index < -0.39 is 0 Å². The molecule has 1 fully saturated rings. The fourth-order valence-corrected chi connectivity index (χ4v) is 2.34. The van der Waals surface area contributed by atoms with Gasteiger partial charge in [0, 0.05) is 6.54 Å². The largest absolute Gasteiger partial charge is 0.303 e. The van der Waals surface area contributed by atoms with Crippen LogP contribution >= 0.6 is 0 Å². The molecule has 0 spiro atoms. The van der Waals surface area contributed by atoms with E-state index in [1.807, 2.05) is 0 Å². The van der Waals surface area contributed by atoms with Crippen LogP contribution in [0, 0.1) is 0 Å². The van der Waals surface area contributed by atoms with Crippen molar-refractivity contribution in [3.05, 3.63) is 41.5 Å². The average Bonchev–Trinajstić information content (AvgIpc) is 2.80. The normalized spacial score (nSPS) is 17.3. The van der Waals surface area contributed by atoms with Crippen LogP contribution in [0.25, 0.3) is 6.08 Å². The van der Waals surface area contributed by atoms with E-state index in [2.05, 4.69) is 48.2 Å². The first-order valence-electron chi connectivity index (χ1n) is 6.32. The lowest BCUT2D eigenvalue weighted by molar-refractivity contribution is 0.343. The Morgan fingerprint density at radius 1 is 1.25 bits per heavy atom. The summed E-state index contributed by atoms with van der Waals surface area (Å²) in [6.45, 7) is 5.89. The molecule has 1 aliphatic rings. The van der Waals surface area contributed by atoms with Crippen LogP contribution in [-0.4, -0.2) is 24.5 Å². The molecule has 0 radical (unpaired) electrons. The van der Waals surface area contributed by atoms with Crippen molar-refractivity contribution < 1.29 is 0 Å². The number of rotatable bonds is 4. The van der Waals surface area contributed by atoms with E-state index in [1.165, 1.54) is 50.0 Å². The van der Waals surface area contributed by atoms with Crippen LogP contribution in [0.1, 0.15) is 30.9 Å². The molecule has 2 rings (SSSR count). The fraction of sp³-hybridized carbons (Fsp3) is 0.467. The average molecular weight is 215 g/mol. The minimum atomic E-state index is 1.19. The van der Waals surface area contributed by atoms with Crippen molar-refractivity contribution in [3.8, 4) is 0 Å². The Labute approximate surface area is 98.8 Å². The summed E-state index contributed by atoms with van der Waals surface area (Å²) in [5.74, 6) is 0. The van der Waals surface area contributed by atoms with Crippen molar-refractivity contribution in [2.75, 3.05) is 19.6 Å². The van der Waals surface area contributed by atoms with Crippen molar-refractivity contribution in [1.29, 1.82) is 0 Å². The van der Waals surface area contributed by atoms with Crippen LogP contribution in [0.5, 0.6) is 0 Å². The Bertz CT molecular complexity index is 348. The summed E-state index contributed by atoms with van der Waals surface area (Å²) in [6, 6.07) is 8.87. The topological polar surface area (TPSA) is 3.24 Å². The molecule has 86 valence electrons. The van der Waals surface area contributed by atoms with Crippen molar-refractivity contribution in [2.45, 2.75) is 26.2 Å². The SMILES string of the molecule is CC=Cc1cccc(CCN2CCCC2)c1. The molecular weight excluding hydrogens is 194 g/mol. The van der Waals surface area contributed by atoms with Crippen LogP contribution in [0.2, 0.25) is 0 Å². The molecule has 1 nitrogen and oxygen atoms in total. The van der Waals surface area contributed by atoms with Crippen molar-refractivity contribution >= 4 is 6.08 Å². The van der Waals surface area contributed by atoms with Gasteiger partial charge < -0.3 is 4.90 Å². The number of benzene rings is 1. The highest BCUT2D eigenvalue weighted by Gasteiger charge is 2.10. The third kappa shape index (κ3) is 3.21. The summed E-state index contributed by atoms with van der Waals surface area (Å²) >= 11 is 0. The lowest BCUT2D eigenvalue weighted by Gasteiger charge is -2.14. The lowest BCUT2D eigenvalue weighted by atomic mass is 10.1. The van der Waals surface area contributed by atoms with Crippen molar-refractivity contribution in [1.82, 2.24) is 4.90 Å². The molecule has 0 saturated carbocycles. The van der Waals surface area contributed by atoms with E-state index in [0.29, 0.717) is 0 Å². The number of nitrogens with zero attached hydrogens (tertiary/aromatic N) is 1. The number of hydrogen-bond acceptors (Lipinski definition) is 1. The number of likely N-dealkylation sites (tertiary alicyclic amines) is 1. The van der Waals surface area contributed by atoms with Crippen molar-refractivity contribution in [2.24, 2.45) is 0 Å². The van der Waals surface area contributed by atoms with Gasteiger partial charge in [-0.3, -0.25) is 0 Å². The zero-order valence-electron chi connectivity index (χ0n) is 10.2. The van der Waals surface area contributed by atoms with E-state index in [1.54, 1.807) is 0 Å². The molecule has 16 heavy (non-hydrogen) atoms. The Morgan fingerprint density at radius 3 is 2.81 bits per heavy atom. The molecular formula is C15H21N. The second kappa shape index (κ2) is 5.86. The predicted molar refractivity (Wildman–Crippen MR) is 70.5 cm³/mol. The van der Waals surface area contributed by atoms with Gasteiger partial charge >= 0.3 is 0 Å². The summed E-state index contributed by atoms with van der Waals surface area (Å²) in [6.07, 6.45) is 8.22. The van der Waals surface area contributed by atoms with E-state index in [9.17, 15) is 0 Å². The molecule has 1 aromatic rings. The van der Waals surface area contributed by atoms with Gasteiger partial charge in [0.1, 0.15) is 0 Å². The van der Waals surface area contributed by atoms with E-state index in [4.69, 9.17) is 0 Å². The quantitative estimate of drug-likeness (QED) is 0.744. The Hall–Kier alpha value is -1.08. The molecule has 1 heteroatoms. The molecule has 1 aliphatic heterocycles. The third-order valence-electron chi connectivity index (χ3n) is 3.23. The maximum atomic E-state index is 2.57. The van der Waals surface area contributed by atoms with Crippen LogP contribution in [0.4, 0.5) is 0 Å². The van der Waals surface area contributed by atoms with Gasteiger partial charge in [0.25, 0.3) is 0 Å². The second-order valence-corrected chi connectivity index (χ2v) is 4.54. The van der Waals surface area contributed by atoms with Crippen LogP contribution < -0.4 is 0 Å². The summed E-state index contributed by atoms with van der Waals surface area (Å²) in [7, 11) is 0. The molecule has 0 unspecified atom stereocenters. The number of allylic oxidation sites excluding steroid dienone is 1. The monoisotopic (exact) mass is 215 g/mol. The highest BCUT2D eigenvalue weighted by molar-refractivity contribution is 5.49. The van der Waals surface area contributed by atoms with Crippen molar-refractivity contribution in [3.63, 3.8) is 0 Å². The standard InChI is InChI=1S/C15H21N/c1-2-6-14-7-5-8-15(13-14)9-12-16-10-3-4-11-16/h2,5-8,13H,3-4,9-12H2,1H3. The van der Waals surface area contributed by atoms with Crippen LogP contribution in [0.15, 0.2) is 30.3 Å². The zero-order valence-corrected chi connectivity index (χ0v) is 10.2. The van der Waals surface area contributed by atoms with Gasteiger partial charge in [-0.2, -0.15) is 0 Å². The molecule has 0 bridgehead atoms. The van der Waals surface area contributed by atoms with Gasteiger partial charge in [-0.25, -0.2) is 0 Å². The first kappa shape index (κ1) is 11.4. The van der Waals surface area contributed by atoms with E-state index in [-0.39, 0.29) is 0 Å². The predicted octanol–water partition coefficient (Wildman–Crippen LogP) is 3.36. The Kier molecular flexibility index (Phi) is 4.17. The summed E-state index contributed by atoms with van der Waals surface area (Å²) < 4.78 is 0. The smallest absolute Gasteiger partial charge is 0.00218 e. The van der Waals surface area contributed by atoms with E-state index in [0.717, 1.165) is 0 Å². The molecule has 1 aromatic carbocycles. The van der Waals surface area contributed by atoms with Gasteiger partial charge in [-0.1, -0.05) is 36.4 Å². The summed E-state index contributed by atoms with van der Waals surface area (Å²) in [4.78, 5) is 2.57. The summed E-state index contributed by atoms with van der Waals surface area (Å²) in [5.41, 5.74) is 2.78. The molecule has 0 atom stereocenters. The first-order chi connectivity index (χ1) is 7.88. The van der Waals surface area contributed by atoms with Gasteiger partial charge in [-0.05, 0) is 50.4 Å². The molecule has 0 amide bonds. The maximum Gasteiger partial charge on any atom is 0.00218 e. The minimum Gasteiger partial charge on any atom is -0.303 e. The first-order valence-corrected chi connectivity index (χ1v) is 6.32. The van der Waals surface area contributed by atoms with E-state index >= 15 is 0 Å². The molecule has 0 N–H and O–H groups in total. The fourth-order valence-electron chi connectivity index (χ4n) is 2.34. The molecule has 1 saturated heterocycles. The highest BCUT2D eigenvalue weighted by atomic mass is 15.1. The minimum absolute atomic E-state index is 1.19. The Balaban J connectivity index is 1.90. The zero-order chi connectivity index (χ0) is 11.2. The van der Waals surface area contributed by atoms with Gasteiger partial charge in [-0.15, -0.1) is 0 Å².